The number of anilines is 1. The van der Waals surface area contributed by atoms with E-state index in [2.05, 4.69) is 22.9 Å². The fourth-order valence-electron chi connectivity index (χ4n) is 2.05. The summed E-state index contributed by atoms with van der Waals surface area (Å²) >= 11 is 5.13. The van der Waals surface area contributed by atoms with Gasteiger partial charge in [0.05, 0.1) is 5.69 Å². The molecule has 1 aliphatic rings. The second kappa shape index (κ2) is 6.03. The van der Waals surface area contributed by atoms with Gasteiger partial charge in [-0.05, 0) is 24.6 Å². The molecule has 0 radical (unpaired) electrons. The highest BCUT2D eigenvalue weighted by molar-refractivity contribution is 9.10. The van der Waals surface area contributed by atoms with Gasteiger partial charge in [-0.1, -0.05) is 22.9 Å². The highest BCUT2D eigenvalue weighted by atomic mass is 79.9. The Labute approximate surface area is 126 Å². The first-order valence-electron chi connectivity index (χ1n) is 6.12. The number of thioether (sulfide) groups is 1. The molecule has 1 fully saturated rings. The number of nitrogens with two attached hydrogens (primary N) is 1. The SMILES string of the molecule is CCC1CN(S(=O)(=O)c2ccc(Br)cc2N)CCS1. The molecule has 0 saturated carbocycles. The van der Waals surface area contributed by atoms with Crippen LogP contribution in [0.4, 0.5) is 5.69 Å². The highest BCUT2D eigenvalue weighted by Crippen LogP contribution is 2.29. The Morgan fingerprint density at radius 2 is 2.26 bits per heavy atom. The van der Waals surface area contributed by atoms with Gasteiger partial charge in [0, 0.05) is 28.6 Å². The van der Waals surface area contributed by atoms with Gasteiger partial charge in [-0.3, -0.25) is 0 Å². The van der Waals surface area contributed by atoms with Gasteiger partial charge in [-0.15, -0.1) is 0 Å². The normalized spacial score (nSPS) is 21.5. The zero-order chi connectivity index (χ0) is 14.0. The Morgan fingerprint density at radius 3 is 2.89 bits per heavy atom. The van der Waals surface area contributed by atoms with E-state index in [1.54, 1.807) is 22.5 Å². The van der Waals surface area contributed by atoms with Crippen LogP contribution in [0.2, 0.25) is 0 Å². The Hall–Kier alpha value is -0.240. The van der Waals surface area contributed by atoms with Crippen LogP contribution >= 0.6 is 27.7 Å². The molecule has 1 aliphatic heterocycles. The maximum atomic E-state index is 12.6. The molecule has 7 heteroatoms. The van der Waals surface area contributed by atoms with Crippen LogP contribution in [0.3, 0.4) is 0 Å². The van der Waals surface area contributed by atoms with Crippen LogP contribution < -0.4 is 5.73 Å². The van der Waals surface area contributed by atoms with E-state index in [1.807, 2.05) is 11.8 Å². The number of hydrogen-bond acceptors (Lipinski definition) is 4. The largest absolute Gasteiger partial charge is 0.398 e. The molecule has 1 heterocycles. The lowest BCUT2D eigenvalue weighted by Crippen LogP contribution is -2.41. The molecule has 1 unspecified atom stereocenters. The molecule has 1 aromatic carbocycles. The van der Waals surface area contributed by atoms with Gasteiger partial charge in [-0.2, -0.15) is 16.1 Å². The van der Waals surface area contributed by atoms with Crippen LogP contribution in [0.1, 0.15) is 13.3 Å². The second-order valence-electron chi connectivity index (χ2n) is 4.45. The lowest BCUT2D eigenvalue weighted by atomic mass is 10.3. The summed E-state index contributed by atoms with van der Waals surface area (Å²) in [5, 5.41) is 0.375. The maximum absolute atomic E-state index is 12.6. The van der Waals surface area contributed by atoms with Crippen LogP contribution in [-0.4, -0.2) is 36.8 Å². The summed E-state index contributed by atoms with van der Waals surface area (Å²) in [6, 6.07) is 4.90. The van der Waals surface area contributed by atoms with Crippen LogP contribution in [0.5, 0.6) is 0 Å². The molecule has 4 nitrogen and oxygen atoms in total. The summed E-state index contributed by atoms with van der Waals surface area (Å²) in [7, 11) is -3.48. The lowest BCUT2D eigenvalue weighted by Gasteiger charge is -2.31. The molecule has 1 atom stereocenters. The van der Waals surface area contributed by atoms with Gasteiger partial charge in [0.1, 0.15) is 4.90 Å². The van der Waals surface area contributed by atoms with Gasteiger partial charge in [-0.25, -0.2) is 8.42 Å². The van der Waals surface area contributed by atoms with E-state index in [4.69, 9.17) is 5.73 Å². The Bertz CT molecular complexity index is 563. The quantitative estimate of drug-likeness (QED) is 0.837. The molecule has 2 rings (SSSR count). The van der Waals surface area contributed by atoms with Crippen LogP contribution in [-0.2, 0) is 10.0 Å². The fourth-order valence-corrected chi connectivity index (χ4v) is 5.40. The maximum Gasteiger partial charge on any atom is 0.245 e. The molecule has 1 aromatic rings. The molecule has 1 saturated heterocycles. The van der Waals surface area contributed by atoms with Gasteiger partial charge in [0.15, 0.2) is 0 Å². The summed E-state index contributed by atoms with van der Waals surface area (Å²) in [5.41, 5.74) is 6.13. The molecular weight excluding hydrogens is 348 g/mol. The third-order valence-electron chi connectivity index (χ3n) is 3.15. The average Bonchev–Trinajstić information content (AvgIpc) is 2.38. The fraction of sp³-hybridized carbons (Fsp3) is 0.500. The van der Waals surface area contributed by atoms with Crippen molar-refractivity contribution in [3.8, 4) is 0 Å². The van der Waals surface area contributed by atoms with E-state index < -0.39 is 10.0 Å². The van der Waals surface area contributed by atoms with Crippen molar-refractivity contribution in [2.75, 3.05) is 24.6 Å². The number of nitrogen functional groups attached to an aromatic ring is 1. The van der Waals surface area contributed by atoms with Crippen LogP contribution in [0.15, 0.2) is 27.6 Å². The summed E-state index contributed by atoms with van der Waals surface area (Å²) in [4.78, 5) is 0.206. The number of nitrogens with zero attached hydrogens (tertiary/aromatic N) is 1. The predicted octanol–water partition coefficient (Wildman–Crippen LogP) is 2.55. The van der Waals surface area contributed by atoms with E-state index in [-0.39, 0.29) is 4.90 Å². The van der Waals surface area contributed by atoms with E-state index in [0.29, 0.717) is 24.0 Å². The highest BCUT2D eigenvalue weighted by Gasteiger charge is 2.31. The molecule has 2 N–H and O–H groups in total. The van der Waals surface area contributed by atoms with Crippen molar-refractivity contribution in [1.82, 2.24) is 4.31 Å². The Kier molecular flexibility index (Phi) is 4.81. The standard InChI is InChI=1S/C12H17BrN2O2S2/c1-2-10-8-15(5-6-18-10)19(16,17)12-4-3-9(13)7-11(12)14/h3-4,7,10H,2,5-6,8,14H2,1H3. The summed E-state index contributed by atoms with van der Waals surface area (Å²) in [5.74, 6) is 0.841. The van der Waals surface area contributed by atoms with Crippen molar-refractivity contribution in [3.63, 3.8) is 0 Å². The van der Waals surface area contributed by atoms with Gasteiger partial charge < -0.3 is 5.73 Å². The van der Waals surface area contributed by atoms with Crippen molar-refractivity contribution in [3.05, 3.63) is 22.7 Å². The average molecular weight is 365 g/mol. The van der Waals surface area contributed by atoms with Crippen molar-refractivity contribution in [1.29, 1.82) is 0 Å². The van der Waals surface area contributed by atoms with Gasteiger partial charge in [0.25, 0.3) is 0 Å². The molecule has 0 amide bonds. The Balaban J connectivity index is 2.31. The number of hydrogen-bond donors (Lipinski definition) is 1. The molecule has 106 valence electrons. The molecule has 19 heavy (non-hydrogen) atoms. The summed E-state index contributed by atoms with van der Waals surface area (Å²) in [6.07, 6.45) is 0.979. The molecule has 0 bridgehead atoms. The van der Waals surface area contributed by atoms with E-state index in [0.717, 1.165) is 16.6 Å². The monoisotopic (exact) mass is 364 g/mol. The number of benzene rings is 1. The second-order valence-corrected chi connectivity index (χ2v) is 8.68. The summed E-state index contributed by atoms with van der Waals surface area (Å²) < 4.78 is 27.5. The summed E-state index contributed by atoms with van der Waals surface area (Å²) in [6.45, 7) is 3.21. The molecular formula is C12H17BrN2O2S2. The van der Waals surface area contributed by atoms with Gasteiger partial charge in [0.2, 0.25) is 10.0 Å². The van der Waals surface area contributed by atoms with E-state index >= 15 is 0 Å². The molecule has 0 aliphatic carbocycles. The van der Waals surface area contributed by atoms with E-state index in [1.165, 1.54) is 0 Å². The minimum Gasteiger partial charge on any atom is -0.398 e. The zero-order valence-corrected chi connectivity index (χ0v) is 13.9. The van der Waals surface area contributed by atoms with Crippen molar-refractivity contribution < 1.29 is 8.42 Å². The van der Waals surface area contributed by atoms with E-state index in [9.17, 15) is 8.42 Å². The van der Waals surface area contributed by atoms with Crippen molar-refractivity contribution in [2.24, 2.45) is 0 Å². The topological polar surface area (TPSA) is 63.4 Å². The predicted molar refractivity (Wildman–Crippen MR) is 83.9 cm³/mol. The minimum atomic E-state index is -3.48. The number of rotatable bonds is 3. The molecule has 0 aromatic heterocycles. The first-order chi connectivity index (χ1) is 8.95. The third kappa shape index (κ3) is 3.26. The zero-order valence-electron chi connectivity index (χ0n) is 10.7. The van der Waals surface area contributed by atoms with Gasteiger partial charge >= 0.3 is 0 Å². The first kappa shape index (κ1) is 15.2. The molecule has 0 spiro atoms. The van der Waals surface area contributed by atoms with Crippen molar-refractivity contribution >= 4 is 43.4 Å². The van der Waals surface area contributed by atoms with Crippen molar-refractivity contribution in [2.45, 2.75) is 23.5 Å². The number of sulfonamides is 1. The lowest BCUT2D eigenvalue weighted by molar-refractivity contribution is 0.416. The smallest absolute Gasteiger partial charge is 0.245 e. The third-order valence-corrected chi connectivity index (χ3v) is 6.95. The van der Waals surface area contributed by atoms with Crippen LogP contribution in [0, 0.1) is 0 Å². The Morgan fingerprint density at radius 1 is 1.53 bits per heavy atom. The van der Waals surface area contributed by atoms with Crippen LogP contribution in [0.25, 0.3) is 0 Å². The minimum absolute atomic E-state index is 0.206. The first-order valence-corrected chi connectivity index (χ1v) is 9.40. The number of halogens is 1.